The van der Waals surface area contributed by atoms with Gasteiger partial charge in [-0.25, -0.2) is 0 Å². The van der Waals surface area contributed by atoms with Crippen molar-refractivity contribution in [2.75, 3.05) is 0 Å². The third-order valence-electron chi connectivity index (χ3n) is 7.80. The van der Waals surface area contributed by atoms with Crippen LogP contribution < -0.4 is 5.32 Å². The van der Waals surface area contributed by atoms with E-state index in [0.29, 0.717) is 34.7 Å². The van der Waals surface area contributed by atoms with Gasteiger partial charge in [-0.05, 0) is 80.9 Å². The molecule has 4 aliphatic carbocycles. The first-order valence-electron chi connectivity index (χ1n) is 11.1. The molecule has 1 heterocycles. The van der Waals surface area contributed by atoms with E-state index in [9.17, 15) is 14.7 Å². The number of carbonyl (C=O) groups is 2. The average Bonchev–Trinajstić information content (AvgIpc) is 2.97. The first-order valence-corrected chi connectivity index (χ1v) is 11.1. The van der Waals surface area contributed by atoms with Crippen LogP contribution in [0.1, 0.15) is 69.8 Å². The zero-order valence-corrected chi connectivity index (χ0v) is 17.9. The molecule has 2 aromatic rings. The van der Waals surface area contributed by atoms with Crippen LogP contribution in [-0.4, -0.2) is 33.0 Å². The van der Waals surface area contributed by atoms with Crippen molar-refractivity contribution in [3.05, 3.63) is 58.4 Å². The minimum atomic E-state index is -0.508. The lowest BCUT2D eigenvalue weighted by Crippen LogP contribution is -2.61. The molecule has 4 aliphatic rings. The quantitative estimate of drug-likeness (QED) is 0.763. The van der Waals surface area contributed by atoms with E-state index in [2.05, 4.69) is 5.32 Å². The maximum Gasteiger partial charge on any atom is 0.268 e. The highest BCUT2D eigenvalue weighted by Crippen LogP contribution is 2.55. The number of hydrogen-bond donors (Lipinski definition) is 2. The van der Waals surface area contributed by atoms with E-state index in [0.717, 1.165) is 43.2 Å². The smallest absolute Gasteiger partial charge is 0.268 e. The van der Waals surface area contributed by atoms with Crippen molar-refractivity contribution >= 4 is 11.7 Å². The van der Waals surface area contributed by atoms with Crippen molar-refractivity contribution in [1.29, 1.82) is 0 Å². The van der Waals surface area contributed by atoms with Gasteiger partial charge in [-0.2, -0.15) is 0 Å². The zero-order chi connectivity index (χ0) is 21.2. The molecule has 158 valence electrons. The van der Waals surface area contributed by atoms with Crippen molar-refractivity contribution in [3.63, 3.8) is 0 Å². The van der Waals surface area contributed by atoms with Crippen LogP contribution in [0, 0.1) is 31.6 Å². The van der Waals surface area contributed by atoms with Crippen LogP contribution in [0.25, 0.3) is 0 Å². The molecule has 1 aromatic carbocycles. The van der Waals surface area contributed by atoms with Crippen molar-refractivity contribution in [3.8, 4) is 0 Å². The van der Waals surface area contributed by atoms with Gasteiger partial charge in [0.25, 0.3) is 5.91 Å². The predicted molar refractivity (Wildman–Crippen MR) is 115 cm³/mol. The van der Waals surface area contributed by atoms with Gasteiger partial charge in [0.2, 0.25) is 5.78 Å². The van der Waals surface area contributed by atoms with E-state index < -0.39 is 5.60 Å². The Labute approximate surface area is 177 Å². The summed E-state index contributed by atoms with van der Waals surface area (Å²) in [7, 11) is 1.80. The third-order valence-corrected chi connectivity index (χ3v) is 7.80. The van der Waals surface area contributed by atoms with Gasteiger partial charge in [-0.1, -0.05) is 24.3 Å². The molecule has 1 aromatic heterocycles. The van der Waals surface area contributed by atoms with Crippen LogP contribution in [0.4, 0.5) is 0 Å². The number of aryl methyl sites for hydroxylation is 2. The molecule has 4 saturated carbocycles. The number of aromatic nitrogens is 1. The molecule has 4 fully saturated rings. The monoisotopic (exact) mass is 406 g/mol. The molecule has 5 heteroatoms. The van der Waals surface area contributed by atoms with Gasteiger partial charge in [0.05, 0.1) is 11.3 Å². The Morgan fingerprint density at radius 1 is 1.07 bits per heavy atom. The number of benzene rings is 1. The zero-order valence-electron chi connectivity index (χ0n) is 17.9. The third kappa shape index (κ3) is 3.02. The highest BCUT2D eigenvalue weighted by molar-refractivity contribution is 6.10. The van der Waals surface area contributed by atoms with E-state index in [1.54, 1.807) is 11.6 Å². The second-order valence-electron chi connectivity index (χ2n) is 9.96. The summed E-state index contributed by atoms with van der Waals surface area (Å²) in [6.45, 7) is 3.82. The minimum Gasteiger partial charge on any atom is -0.390 e. The summed E-state index contributed by atoms with van der Waals surface area (Å²) in [6, 6.07) is 9.49. The summed E-state index contributed by atoms with van der Waals surface area (Å²) in [5.74, 6) is 1.16. The molecule has 1 amide bonds. The highest BCUT2D eigenvalue weighted by Gasteiger charge is 2.55. The molecule has 5 nitrogen and oxygen atoms in total. The Morgan fingerprint density at radius 2 is 1.73 bits per heavy atom. The number of nitrogens with zero attached hydrogens (tertiary/aromatic N) is 1. The lowest BCUT2D eigenvalue weighted by molar-refractivity contribution is -0.137. The normalized spacial score (nSPS) is 31.7. The average molecular weight is 407 g/mol. The van der Waals surface area contributed by atoms with Crippen LogP contribution in [0.3, 0.4) is 0 Å². The lowest BCUT2D eigenvalue weighted by Gasteiger charge is -2.58. The topological polar surface area (TPSA) is 71.3 Å². The Kier molecular flexibility index (Phi) is 4.44. The Hall–Kier alpha value is -2.40. The summed E-state index contributed by atoms with van der Waals surface area (Å²) in [6.07, 6.45) is 4.74. The van der Waals surface area contributed by atoms with Gasteiger partial charge < -0.3 is 15.0 Å². The Balaban J connectivity index is 1.40. The van der Waals surface area contributed by atoms with E-state index in [1.807, 2.05) is 44.2 Å². The van der Waals surface area contributed by atoms with E-state index in [1.165, 1.54) is 0 Å². The summed E-state index contributed by atoms with van der Waals surface area (Å²) in [5, 5.41) is 14.1. The Morgan fingerprint density at radius 3 is 2.37 bits per heavy atom. The summed E-state index contributed by atoms with van der Waals surface area (Å²) in [4.78, 5) is 26.4. The largest absolute Gasteiger partial charge is 0.390 e. The number of amides is 1. The molecular formula is C25H30N2O3. The van der Waals surface area contributed by atoms with Gasteiger partial charge in [-0.15, -0.1) is 0 Å². The SMILES string of the molecule is Cc1ccccc1C(=O)c1cc(C)c(C(=O)NC2C3CC4CC2CC(O)(C4)C3)n1C. The van der Waals surface area contributed by atoms with Gasteiger partial charge in [0, 0.05) is 18.7 Å². The second kappa shape index (κ2) is 6.81. The van der Waals surface area contributed by atoms with Crippen molar-refractivity contribution in [1.82, 2.24) is 9.88 Å². The minimum absolute atomic E-state index is 0.0606. The molecule has 0 radical (unpaired) electrons. The molecule has 2 N–H and O–H groups in total. The van der Waals surface area contributed by atoms with Gasteiger partial charge in [-0.3, -0.25) is 9.59 Å². The first kappa shape index (κ1) is 19.6. The number of ketones is 1. The lowest BCUT2D eigenvalue weighted by atomic mass is 9.52. The maximum atomic E-state index is 13.3. The molecule has 4 bridgehead atoms. The van der Waals surface area contributed by atoms with Crippen LogP contribution in [0.15, 0.2) is 30.3 Å². The molecule has 30 heavy (non-hydrogen) atoms. The molecule has 2 unspecified atom stereocenters. The van der Waals surface area contributed by atoms with E-state index in [4.69, 9.17) is 0 Å². The number of hydrogen-bond acceptors (Lipinski definition) is 3. The summed E-state index contributed by atoms with van der Waals surface area (Å²) >= 11 is 0. The number of aliphatic hydroxyl groups is 1. The van der Waals surface area contributed by atoms with Crippen molar-refractivity contribution < 1.29 is 14.7 Å². The summed E-state index contributed by atoms with van der Waals surface area (Å²) in [5.41, 5.74) is 2.99. The standard InChI is InChI=1S/C25H30N2O3/c1-14-6-4-5-7-19(14)23(28)20-8-15(2)22(27(20)3)24(29)26-21-17-9-16-10-18(21)13-25(30,11-16)12-17/h4-8,16-18,21,30H,9-13H2,1-3H3,(H,26,29). The number of carbonyl (C=O) groups excluding carboxylic acids is 2. The second-order valence-corrected chi connectivity index (χ2v) is 9.96. The predicted octanol–water partition coefficient (Wildman–Crippen LogP) is 3.54. The molecule has 6 rings (SSSR count). The highest BCUT2D eigenvalue weighted by atomic mass is 16.3. The fraction of sp³-hybridized carbons (Fsp3) is 0.520. The van der Waals surface area contributed by atoms with Crippen LogP contribution >= 0.6 is 0 Å². The molecule has 0 aliphatic heterocycles. The fourth-order valence-electron chi connectivity index (χ4n) is 6.71. The van der Waals surface area contributed by atoms with Crippen LogP contribution in [0.5, 0.6) is 0 Å². The number of rotatable bonds is 4. The van der Waals surface area contributed by atoms with Crippen molar-refractivity contribution in [2.24, 2.45) is 24.8 Å². The van der Waals surface area contributed by atoms with E-state index >= 15 is 0 Å². The molecule has 2 atom stereocenters. The van der Waals surface area contributed by atoms with Crippen LogP contribution in [0.2, 0.25) is 0 Å². The van der Waals surface area contributed by atoms with Gasteiger partial charge >= 0.3 is 0 Å². The molecular weight excluding hydrogens is 376 g/mol. The van der Waals surface area contributed by atoms with Gasteiger partial charge in [0.1, 0.15) is 5.69 Å². The first-order chi connectivity index (χ1) is 14.3. The van der Waals surface area contributed by atoms with Crippen LogP contribution in [-0.2, 0) is 7.05 Å². The number of nitrogens with one attached hydrogen (secondary N) is 1. The molecule has 0 spiro atoms. The van der Waals surface area contributed by atoms with E-state index in [-0.39, 0.29) is 17.7 Å². The fourth-order valence-corrected chi connectivity index (χ4v) is 6.71. The van der Waals surface area contributed by atoms with Crippen molar-refractivity contribution in [2.45, 2.75) is 57.6 Å². The Bertz CT molecular complexity index is 1020. The molecule has 0 saturated heterocycles. The van der Waals surface area contributed by atoms with Gasteiger partial charge in [0.15, 0.2) is 0 Å². The maximum absolute atomic E-state index is 13.3. The summed E-state index contributed by atoms with van der Waals surface area (Å²) < 4.78 is 1.74.